The molecule has 0 saturated carbocycles. The first kappa shape index (κ1) is 12.8. The molecule has 1 aromatic heterocycles. The normalized spacial score (nSPS) is 10.5. The van der Waals surface area contributed by atoms with E-state index in [-0.39, 0.29) is 5.78 Å². The summed E-state index contributed by atoms with van der Waals surface area (Å²) in [5, 5.41) is 4.05. The Bertz CT molecular complexity index is 565. The average molecular weight is 405 g/mol. The van der Waals surface area contributed by atoms with Crippen LogP contribution >= 0.6 is 38.5 Å². The van der Waals surface area contributed by atoms with Gasteiger partial charge >= 0.3 is 0 Å². The second-order valence-corrected chi connectivity index (χ2v) is 5.85. The fourth-order valence-corrected chi connectivity index (χ4v) is 2.51. The van der Waals surface area contributed by atoms with Crippen molar-refractivity contribution in [3.8, 4) is 0 Å². The molecule has 0 aliphatic heterocycles. The molecule has 2 aromatic rings. The predicted molar refractivity (Wildman–Crippen MR) is 78.1 cm³/mol. The van der Waals surface area contributed by atoms with Crippen molar-refractivity contribution in [3.05, 3.63) is 49.8 Å². The van der Waals surface area contributed by atoms with Gasteiger partial charge in [0.2, 0.25) is 0 Å². The van der Waals surface area contributed by atoms with E-state index in [4.69, 9.17) is 0 Å². The van der Waals surface area contributed by atoms with Gasteiger partial charge in [-0.05, 0) is 46.4 Å². The Labute approximate surface area is 121 Å². The lowest BCUT2D eigenvalue weighted by Gasteiger charge is -2.03. The number of rotatable bonds is 3. The van der Waals surface area contributed by atoms with Gasteiger partial charge in [-0.2, -0.15) is 5.10 Å². The van der Waals surface area contributed by atoms with Gasteiger partial charge in [0.1, 0.15) is 0 Å². The molecule has 5 heteroatoms. The van der Waals surface area contributed by atoms with Crippen LogP contribution < -0.4 is 0 Å². The zero-order valence-electron chi connectivity index (χ0n) is 9.15. The summed E-state index contributed by atoms with van der Waals surface area (Å²) in [4.78, 5) is 12.1. The number of carbonyl (C=O) groups is 1. The lowest BCUT2D eigenvalue weighted by atomic mass is 10.1. The van der Waals surface area contributed by atoms with Gasteiger partial charge in [-0.15, -0.1) is 0 Å². The number of hydrogen-bond donors (Lipinski definition) is 0. The molecule has 3 nitrogen and oxygen atoms in total. The van der Waals surface area contributed by atoms with Gasteiger partial charge in [0.15, 0.2) is 5.78 Å². The average Bonchev–Trinajstić information content (AvgIpc) is 2.67. The third-order valence-electron chi connectivity index (χ3n) is 2.35. The number of hydrogen-bond acceptors (Lipinski definition) is 2. The molecule has 0 spiro atoms. The first-order chi connectivity index (χ1) is 8.06. The highest BCUT2D eigenvalue weighted by atomic mass is 127. The minimum Gasteiger partial charge on any atom is -0.294 e. The molecular weight excluding hydrogens is 395 g/mol. The number of benzene rings is 1. The molecule has 1 heterocycles. The lowest BCUT2D eigenvalue weighted by Crippen LogP contribution is -2.04. The van der Waals surface area contributed by atoms with E-state index in [9.17, 15) is 4.79 Å². The highest BCUT2D eigenvalue weighted by Crippen LogP contribution is 2.21. The largest absolute Gasteiger partial charge is 0.294 e. The summed E-state index contributed by atoms with van der Waals surface area (Å²) in [6, 6.07) is 5.76. The Morgan fingerprint density at radius 3 is 2.94 bits per heavy atom. The molecule has 0 fully saturated rings. The van der Waals surface area contributed by atoms with E-state index in [1.807, 2.05) is 31.4 Å². The van der Waals surface area contributed by atoms with Gasteiger partial charge in [0, 0.05) is 33.3 Å². The maximum atomic E-state index is 12.1. The van der Waals surface area contributed by atoms with Crippen LogP contribution in [0.1, 0.15) is 15.9 Å². The zero-order chi connectivity index (χ0) is 12.4. The van der Waals surface area contributed by atoms with E-state index >= 15 is 0 Å². The van der Waals surface area contributed by atoms with Crippen LogP contribution in [0.2, 0.25) is 0 Å². The van der Waals surface area contributed by atoms with Crippen LogP contribution in [0.4, 0.5) is 0 Å². The quantitative estimate of drug-likeness (QED) is 0.581. The smallest absolute Gasteiger partial charge is 0.168 e. The molecule has 0 radical (unpaired) electrons. The van der Waals surface area contributed by atoms with Crippen LogP contribution in [0, 0.1) is 3.57 Å². The monoisotopic (exact) mass is 404 g/mol. The van der Waals surface area contributed by atoms with Gasteiger partial charge in [0.05, 0.1) is 6.20 Å². The molecule has 17 heavy (non-hydrogen) atoms. The third-order valence-corrected chi connectivity index (χ3v) is 3.71. The zero-order valence-corrected chi connectivity index (χ0v) is 12.9. The van der Waals surface area contributed by atoms with E-state index in [1.54, 1.807) is 10.9 Å². The molecule has 0 unspecified atom stereocenters. The van der Waals surface area contributed by atoms with Gasteiger partial charge in [-0.25, -0.2) is 0 Å². The molecule has 0 saturated heterocycles. The number of nitrogens with zero attached hydrogens (tertiary/aromatic N) is 2. The SMILES string of the molecule is Cn1cc(CC(=O)c2cc(I)ccc2Br)cn1. The van der Waals surface area contributed by atoms with Gasteiger partial charge < -0.3 is 0 Å². The van der Waals surface area contributed by atoms with Crippen molar-refractivity contribution in [1.29, 1.82) is 0 Å². The molecule has 88 valence electrons. The Morgan fingerprint density at radius 1 is 1.53 bits per heavy atom. The Morgan fingerprint density at radius 2 is 2.29 bits per heavy atom. The third kappa shape index (κ3) is 3.16. The van der Waals surface area contributed by atoms with E-state index < -0.39 is 0 Å². The summed E-state index contributed by atoms with van der Waals surface area (Å²) in [6.45, 7) is 0. The summed E-state index contributed by atoms with van der Waals surface area (Å²) in [6.07, 6.45) is 3.96. The van der Waals surface area contributed by atoms with E-state index in [0.29, 0.717) is 6.42 Å². The Kier molecular flexibility index (Phi) is 3.98. The summed E-state index contributed by atoms with van der Waals surface area (Å²) in [5.41, 5.74) is 1.66. The van der Waals surface area contributed by atoms with Crippen molar-refractivity contribution in [2.45, 2.75) is 6.42 Å². The highest BCUT2D eigenvalue weighted by Gasteiger charge is 2.12. The molecule has 0 amide bonds. The van der Waals surface area contributed by atoms with Gasteiger partial charge in [-0.1, -0.05) is 15.9 Å². The van der Waals surface area contributed by atoms with Crippen molar-refractivity contribution in [2.24, 2.45) is 7.05 Å². The number of aromatic nitrogens is 2. The maximum absolute atomic E-state index is 12.1. The molecule has 0 aliphatic carbocycles. The summed E-state index contributed by atoms with van der Waals surface area (Å²) in [7, 11) is 1.84. The number of ketones is 1. The van der Waals surface area contributed by atoms with Crippen molar-refractivity contribution in [2.75, 3.05) is 0 Å². The van der Waals surface area contributed by atoms with Crippen molar-refractivity contribution in [3.63, 3.8) is 0 Å². The number of aryl methyl sites for hydroxylation is 1. The summed E-state index contributed by atoms with van der Waals surface area (Å²) in [5.74, 6) is 0.100. The van der Waals surface area contributed by atoms with E-state index in [0.717, 1.165) is 19.2 Å². The van der Waals surface area contributed by atoms with E-state index in [2.05, 4.69) is 43.6 Å². The highest BCUT2D eigenvalue weighted by molar-refractivity contribution is 14.1. The van der Waals surface area contributed by atoms with Crippen molar-refractivity contribution in [1.82, 2.24) is 9.78 Å². The van der Waals surface area contributed by atoms with Crippen LogP contribution in [-0.4, -0.2) is 15.6 Å². The molecule has 0 bridgehead atoms. The first-order valence-corrected chi connectivity index (χ1v) is 6.89. The molecular formula is C12H10BrIN2O. The fourth-order valence-electron chi connectivity index (χ4n) is 1.55. The van der Waals surface area contributed by atoms with E-state index in [1.165, 1.54) is 0 Å². The van der Waals surface area contributed by atoms with Crippen molar-refractivity contribution >= 4 is 44.3 Å². The Balaban J connectivity index is 2.22. The van der Waals surface area contributed by atoms with Crippen LogP contribution in [0.3, 0.4) is 0 Å². The van der Waals surface area contributed by atoms with Gasteiger partial charge in [-0.3, -0.25) is 9.48 Å². The summed E-state index contributed by atoms with van der Waals surface area (Å²) < 4.78 is 3.60. The molecule has 2 rings (SSSR count). The van der Waals surface area contributed by atoms with Gasteiger partial charge in [0.25, 0.3) is 0 Å². The summed E-state index contributed by atoms with van der Waals surface area (Å²) >= 11 is 5.61. The molecule has 0 atom stereocenters. The molecule has 0 N–H and O–H groups in total. The Hall–Kier alpha value is -0.690. The minimum atomic E-state index is 0.100. The number of Topliss-reactive ketones (excluding diaryl/α,β-unsaturated/α-hetero) is 1. The van der Waals surface area contributed by atoms with Crippen LogP contribution in [0.5, 0.6) is 0 Å². The second-order valence-electron chi connectivity index (χ2n) is 3.75. The second kappa shape index (κ2) is 5.30. The topological polar surface area (TPSA) is 34.9 Å². The van der Waals surface area contributed by atoms with Crippen LogP contribution in [0.25, 0.3) is 0 Å². The fraction of sp³-hybridized carbons (Fsp3) is 0.167. The first-order valence-electron chi connectivity index (χ1n) is 5.02. The number of carbonyl (C=O) groups excluding carboxylic acids is 1. The predicted octanol–water partition coefficient (Wildman–Crippen LogP) is 3.21. The molecule has 0 aliphatic rings. The maximum Gasteiger partial charge on any atom is 0.168 e. The number of halogens is 2. The molecule has 1 aromatic carbocycles. The lowest BCUT2D eigenvalue weighted by molar-refractivity contribution is 0.0992. The minimum absolute atomic E-state index is 0.100. The van der Waals surface area contributed by atoms with Crippen molar-refractivity contribution < 1.29 is 4.79 Å². The van der Waals surface area contributed by atoms with Crippen LogP contribution in [0.15, 0.2) is 35.1 Å². The standard InChI is InChI=1S/C12H10BrIN2O/c1-16-7-8(6-15-16)4-12(17)10-5-9(14)2-3-11(10)13/h2-3,5-7H,4H2,1H3. The van der Waals surface area contributed by atoms with Crippen LogP contribution in [-0.2, 0) is 13.5 Å².